The summed E-state index contributed by atoms with van der Waals surface area (Å²) in [5, 5.41) is 9.82. The fourth-order valence-corrected chi connectivity index (χ4v) is 6.85. The second-order valence-electron chi connectivity index (χ2n) is 8.11. The zero-order chi connectivity index (χ0) is 13.7. The number of hydrogen-bond donors (Lipinski definition) is 1. The number of rotatable bonds is 1. The second kappa shape index (κ2) is 4.74. The minimum absolute atomic E-state index is 0.317. The van der Waals surface area contributed by atoms with Crippen molar-refractivity contribution in [3.8, 4) is 0 Å². The monoisotopic (exact) mass is 276 g/mol. The summed E-state index contributed by atoms with van der Waals surface area (Å²) in [6.45, 7) is 0. The van der Waals surface area contributed by atoms with Crippen LogP contribution >= 0.6 is 0 Å². The van der Waals surface area contributed by atoms with Gasteiger partial charge in [-0.3, -0.25) is 4.79 Å². The van der Waals surface area contributed by atoms with Crippen molar-refractivity contribution in [2.24, 2.45) is 35.0 Å². The van der Waals surface area contributed by atoms with Gasteiger partial charge in [0.05, 0.1) is 5.41 Å². The van der Waals surface area contributed by atoms with E-state index in [0.29, 0.717) is 5.92 Å². The fraction of sp³-hybridized carbons (Fsp3) is 0.944. The summed E-state index contributed by atoms with van der Waals surface area (Å²) in [4.78, 5) is 11.9. The minimum Gasteiger partial charge on any atom is -0.481 e. The van der Waals surface area contributed by atoms with E-state index in [2.05, 4.69) is 0 Å². The molecule has 1 N–H and O–H groups in total. The third-order valence-corrected chi connectivity index (χ3v) is 7.65. The maximum Gasteiger partial charge on any atom is 0.309 e. The first-order valence-corrected chi connectivity index (χ1v) is 8.96. The van der Waals surface area contributed by atoms with Gasteiger partial charge < -0.3 is 5.11 Å². The van der Waals surface area contributed by atoms with Crippen molar-refractivity contribution in [3.63, 3.8) is 0 Å². The molecule has 4 saturated carbocycles. The molecule has 0 aromatic carbocycles. The first-order chi connectivity index (χ1) is 9.72. The molecule has 0 heterocycles. The van der Waals surface area contributed by atoms with Crippen LogP contribution in [0.1, 0.15) is 70.6 Å². The first-order valence-electron chi connectivity index (χ1n) is 8.96. The van der Waals surface area contributed by atoms with Gasteiger partial charge >= 0.3 is 5.97 Å². The molecule has 4 aliphatic carbocycles. The summed E-state index contributed by atoms with van der Waals surface area (Å²) in [7, 11) is 0. The predicted molar refractivity (Wildman–Crippen MR) is 78.3 cm³/mol. The summed E-state index contributed by atoms with van der Waals surface area (Å²) in [6, 6.07) is 0. The average Bonchev–Trinajstić information content (AvgIpc) is 2.92. The van der Waals surface area contributed by atoms with Crippen molar-refractivity contribution < 1.29 is 9.90 Å². The topological polar surface area (TPSA) is 37.3 Å². The average molecular weight is 276 g/mol. The van der Waals surface area contributed by atoms with E-state index in [4.69, 9.17) is 0 Å². The molecule has 6 atom stereocenters. The highest BCUT2D eigenvalue weighted by Gasteiger charge is 2.58. The van der Waals surface area contributed by atoms with Crippen molar-refractivity contribution in [1.82, 2.24) is 0 Å². The highest BCUT2D eigenvalue weighted by atomic mass is 16.4. The molecule has 0 saturated heterocycles. The molecule has 0 aromatic rings. The Hall–Kier alpha value is -0.530. The van der Waals surface area contributed by atoms with Crippen LogP contribution in [-0.2, 0) is 4.79 Å². The van der Waals surface area contributed by atoms with Crippen molar-refractivity contribution in [2.75, 3.05) is 0 Å². The molecule has 4 aliphatic rings. The SMILES string of the molecule is O=C(O)[C@@]12CCC[C@H]1[C@@H]1CCC3CCCC[C@@H]3[C@H]1CC2. The van der Waals surface area contributed by atoms with Gasteiger partial charge in [-0.1, -0.05) is 25.7 Å². The molecule has 0 aliphatic heterocycles. The van der Waals surface area contributed by atoms with Gasteiger partial charge in [0.15, 0.2) is 0 Å². The zero-order valence-corrected chi connectivity index (χ0v) is 12.5. The van der Waals surface area contributed by atoms with E-state index < -0.39 is 5.97 Å². The van der Waals surface area contributed by atoms with Crippen LogP contribution < -0.4 is 0 Å². The molecule has 0 spiro atoms. The van der Waals surface area contributed by atoms with Gasteiger partial charge in [-0.15, -0.1) is 0 Å². The molecule has 1 unspecified atom stereocenters. The van der Waals surface area contributed by atoms with Crippen molar-refractivity contribution in [3.05, 3.63) is 0 Å². The molecule has 4 rings (SSSR count). The molecule has 0 bridgehead atoms. The van der Waals surface area contributed by atoms with E-state index in [-0.39, 0.29) is 5.41 Å². The molecule has 4 fully saturated rings. The summed E-state index contributed by atoms with van der Waals surface area (Å²) in [5.41, 5.74) is -0.317. The van der Waals surface area contributed by atoms with Gasteiger partial charge in [0.2, 0.25) is 0 Å². The highest BCUT2D eigenvalue weighted by Crippen LogP contribution is 2.62. The number of aliphatic carboxylic acids is 1. The van der Waals surface area contributed by atoms with Gasteiger partial charge in [0.25, 0.3) is 0 Å². The molecule has 0 radical (unpaired) electrons. The molecular formula is C18H28O2. The van der Waals surface area contributed by atoms with E-state index in [1.54, 1.807) is 0 Å². The summed E-state index contributed by atoms with van der Waals surface area (Å²) in [5.74, 6) is 3.62. The lowest BCUT2D eigenvalue weighted by molar-refractivity contribution is -0.160. The van der Waals surface area contributed by atoms with Crippen molar-refractivity contribution in [1.29, 1.82) is 0 Å². The lowest BCUT2D eigenvalue weighted by Gasteiger charge is -2.54. The molecule has 112 valence electrons. The Morgan fingerprint density at radius 3 is 2.50 bits per heavy atom. The van der Waals surface area contributed by atoms with Gasteiger partial charge in [-0.05, 0) is 74.5 Å². The summed E-state index contributed by atoms with van der Waals surface area (Å²) < 4.78 is 0. The van der Waals surface area contributed by atoms with Gasteiger partial charge in [-0.2, -0.15) is 0 Å². The van der Waals surface area contributed by atoms with Crippen LogP contribution in [0.5, 0.6) is 0 Å². The van der Waals surface area contributed by atoms with Crippen LogP contribution in [0, 0.1) is 35.0 Å². The Labute approximate surface area is 122 Å². The fourth-order valence-electron chi connectivity index (χ4n) is 6.85. The molecule has 2 heteroatoms. The van der Waals surface area contributed by atoms with Crippen molar-refractivity contribution >= 4 is 5.97 Å². The van der Waals surface area contributed by atoms with Crippen LogP contribution in [0.25, 0.3) is 0 Å². The van der Waals surface area contributed by atoms with E-state index in [1.807, 2.05) is 0 Å². The molecular weight excluding hydrogens is 248 g/mol. The molecule has 0 amide bonds. The van der Waals surface area contributed by atoms with E-state index in [0.717, 1.165) is 42.9 Å². The normalized spacial score (nSPS) is 50.9. The van der Waals surface area contributed by atoms with E-state index >= 15 is 0 Å². The minimum atomic E-state index is -0.468. The lowest BCUT2D eigenvalue weighted by atomic mass is 9.50. The van der Waals surface area contributed by atoms with Crippen molar-refractivity contribution in [2.45, 2.75) is 70.6 Å². The Kier molecular flexibility index (Phi) is 3.12. The number of carboxylic acids is 1. The Bertz CT molecular complexity index is 404. The van der Waals surface area contributed by atoms with Gasteiger partial charge in [0.1, 0.15) is 0 Å². The van der Waals surface area contributed by atoms with Crippen LogP contribution in [0.3, 0.4) is 0 Å². The van der Waals surface area contributed by atoms with Gasteiger partial charge in [-0.25, -0.2) is 0 Å². The zero-order valence-electron chi connectivity index (χ0n) is 12.5. The standard InChI is InChI=1S/C18H28O2/c19-17(20)18-10-3-6-16(18)15-8-7-12-4-1-2-5-13(12)14(15)9-11-18/h12-16H,1-11H2,(H,19,20)/t12?,13-,14+,15+,16-,18+/m0/s1. The maximum atomic E-state index is 11.9. The van der Waals surface area contributed by atoms with E-state index in [9.17, 15) is 9.90 Å². The quantitative estimate of drug-likeness (QED) is 0.766. The number of carbonyl (C=O) groups is 1. The van der Waals surface area contributed by atoms with E-state index in [1.165, 1.54) is 51.4 Å². The van der Waals surface area contributed by atoms with Crippen LogP contribution in [0.15, 0.2) is 0 Å². The third kappa shape index (κ3) is 1.72. The maximum absolute atomic E-state index is 11.9. The Morgan fingerprint density at radius 2 is 1.65 bits per heavy atom. The Morgan fingerprint density at radius 1 is 0.800 bits per heavy atom. The smallest absolute Gasteiger partial charge is 0.309 e. The summed E-state index contributed by atoms with van der Waals surface area (Å²) >= 11 is 0. The van der Waals surface area contributed by atoms with Crippen LogP contribution in [-0.4, -0.2) is 11.1 Å². The Balaban J connectivity index is 1.61. The first kappa shape index (κ1) is 13.2. The molecule has 2 nitrogen and oxygen atoms in total. The van der Waals surface area contributed by atoms with Gasteiger partial charge in [0, 0.05) is 0 Å². The number of fused-ring (bicyclic) bond motifs is 5. The highest BCUT2D eigenvalue weighted by molar-refractivity contribution is 5.75. The second-order valence-corrected chi connectivity index (χ2v) is 8.11. The van der Waals surface area contributed by atoms with Crippen LogP contribution in [0.2, 0.25) is 0 Å². The number of carboxylic acid groups (broad SMARTS) is 1. The van der Waals surface area contributed by atoms with Crippen LogP contribution in [0.4, 0.5) is 0 Å². The summed E-state index contributed by atoms with van der Waals surface area (Å²) in [6.07, 6.45) is 14.0. The largest absolute Gasteiger partial charge is 0.481 e. The third-order valence-electron chi connectivity index (χ3n) is 7.65. The molecule has 0 aromatic heterocycles. The molecule has 20 heavy (non-hydrogen) atoms. The predicted octanol–water partition coefficient (Wildman–Crippen LogP) is 4.48. The lowest BCUT2D eigenvalue weighted by Crippen LogP contribution is -2.50. The number of hydrogen-bond acceptors (Lipinski definition) is 1.